The highest BCUT2D eigenvalue weighted by molar-refractivity contribution is 6.31. The maximum absolute atomic E-state index is 12.4. The van der Waals surface area contributed by atoms with E-state index in [1.54, 1.807) is 32.4 Å². The number of carbonyl (C=O) groups excluding carboxylic acids is 1. The van der Waals surface area contributed by atoms with E-state index in [4.69, 9.17) is 21.1 Å². The lowest BCUT2D eigenvalue weighted by Crippen LogP contribution is -2.20. The normalized spacial score (nSPS) is 13.8. The summed E-state index contributed by atoms with van der Waals surface area (Å²) in [6, 6.07) is 11.1. The Kier molecular flexibility index (Phi) is 6.24. The Bertz CT molecular complexity index is 845. The minimum Gasteiger partial charge on any atom is -0.493 e. The second kappa shape index (κ2) is 8.82. The van der Waals surface area contributed by atoms with Crippen molar-refractivity contribution in [1.82, 2.24) is 0 Å². The third kappa shape index (κ3) is 4.74. The molecule has 1 heterocycles. The van der Waals surface area contributed by atoms with Crippen molar-refractivity contribution in [2.45, 2.75) is 12.8 Å². The fourth-order valence-electron chi connectivity index (χ4n) is 3.14. The number of hydrogen-bond donors (Lipinski definition) is 1. The summed E-state index contributed by atoms with van der Waals surface area (Å²) in [6.07, 6.45) is 5.55. The van der Waals surface area contributed by atoms with Gasteiger partial charge in [-0.05, 0) is 54.8 Å². The van der Waals surface area contributed by atoms with Crippen LogP contribution in [0.3, 0.4) is 0 Å². The summed E-state index contributed by atoms with van der Waals surface area (Å²) in [6.45, 7) is 1.98. The Morgan fingerprint density at radius 2 is 1.81 bits per heavy atom. The zero-order valence-corrected chi connectivity index (χ0v) is 16.3. The Morgan fingerprint density at radius 3 is 2.52 bits per heavy atom. The Balaban J connectivity index is 1.74. The first-order valence-electron chi connectivity index (χ1n) is 8.86. The molecule has 1 aliphatic heterocycles. The lowest BCUT2D eigenvalue weighted by molar-refractivity contribution is -0.111. The summed E-state index contributed by atoms with van der Waals surface area (Å²) >= 11 is 6.13. The monoisotopic (exact) mass is 386 g/mol. The van der Waals surface area contributed by atoms with Crippen LogP contribution in [-0.4, -0.2) is 33.2 Å². The van der Waals surface area contributed by atoms with E-state index in [-0.39, 0.29) is 5.91 Å². The summed E-state index contributed by atoms with van der Waals surface area (Å²) in [5, 5.41) is 3.54. The molecule has 1 fully saturated rings. The van der Waals surface area contributed by atoms with Crippen LogP contribution in [0.15, 0.2) is 42.5 Å². The number of benzene rings is 2. The topological polar surface area (TPSA) is 50.8 Å². The van der Waals surface area contributed by atoms with Crippen LogP contribution in [0.2, 0.25) is 5.02 Å². The fraction of sp³-hybridized carbons (Fsp3) is 0.286. The average molecular weight is 387 g/mol. The molecule has 0 aromatic heterocycles. The van der Waals surface area contributed by atoms with Crippen molar-refractivity contribution in [2.24, 2.45) is 0 Å². The van der Waals surface area contributed by atoms with Crippen LogP contribution in [0.4, 0.5) is 11.4 Å². The van der Waals surface area contributed by atoms with E-state index in [2.05, 4.69) is 10.2 Å². The first kappa shape index (κ1) is 19.1. The third-order valence-corrected chi connectivity index (χ3v) is 4.73. The van der Waals surface area contributed by atoms with Crippen LogP contribution in [-0.2, 0) is 4.79 Å². The Labute approximate surface area is 164 Å². The van der Waals surface area contributed by atoms with Gasteiger partial charge in [-0.2, -0.15) is 0 Å². The van der Waals surface area contributed by atoms with Gasteiger partial charge in [0, 0.05) is 24.2 Å². The maximum Gasteiger partial charge on any atom is 0.248 e. The lowest BCUT2D eigenvalue weighted by Gasteiger charge is -2.21. The number of nitrogens with one attached hydrogen (secondary N) is 1. The number of anilines is 2. The molecule has 0 aliphatic carbocycles. The van der Waals surface area contributed by atoms with Crippen LogP contribution >= 0.6 is 11.6 Å². The number of halogens is 1. The molecule has 2 aromatic rings. The predicted molar refractivity (Wildman–Crippen MR) is 110 cm³/mol. The molecule has 0 radical (unpaired) electrons. The van der Waals surface area contributed by atoms with Crippen molar-refractivity contribution in [3.05, 3.63) is 53.1 Å². The van der Waals surface area contributed by atoms with E-state index in [1.165, 1.54) is 6.08 Å². The number of hydrogen-bond acceptors (Lipinski definition) is 4. The highest BCUT2D eigenvalue weighted by Gasteiger charge is 2.16. The third-order valence-electron chi connectivity index (χ3n) is 4.50. The van der Waals surface area contributed by atoms with E-state index < -0.39 is 0 Å². The zero-order valence-electron chi connectivity index (χ0n) is 15.5. The van der Waals surface area contributed by atoms with Gasteiger partial charge in [-0.1, -0.05) is 17.7 Å². The molecule has 1 saturated heterocycles. The predicted octanol–water partition coefficient (Wildman–Crippen LogP) is 4.61. The van der Waals surface area contributed by atoms with Gasteiger partial charge >= 0.3 is 0 Å². The van der Waals surface area contributed by atoms with Gasteiger partial charge in [0.1, 0.15) is 0 Å². The molecule has 142 valence electrons. The van der Waals surface area contributed by atoms with Crippen molar-refractivity contribution in [1.29, 1.82) is 0 Å². The number of rotatable bonds is 6. The van der Waals surface area contributed by atoms with E-state index in [1.807, 2.05) is 24.3 Å². The molecule has 5 nitrogen and oxygen atoms in total. The first-order valence-corrected chi connectivity index (χ1v) is 9.24. The smallest absolute Gasteiger partial charge is 0.248 e. The molecule has 1 aliphatic rings. The summed E-state index contributed by atoms with van der Waals surface area (Å²) in [4.78, 5) is 14.7. The first-order chi connectivity index (χ1) is 13.1. The SMILES string of the molecule is COc1ccc(/C=C/C(=O)Nc2cc(Cl)ccc2N2CCCC2)cc1OC. The lowest BCUT2D eigenvalue weighted by atomic mass is 10.2. The highest BCUT2D eigenvalue weighted by atomic mass is 35.5. The van der Waals surface area contributed by atoms with Gasteiger partial charge in [-0.3, -0.25) is 4.79 Å². The molecular weight excluding hydrogens is 364 g/mol. The quantitative estimate of drug-likeness (QED) is 0.736. The number of methoxy groups -OCH3 is 2. The van der Waals surface area contributed by atoms with Crippen LogP contribution in [0, 0.1) is 0 Å². The summed E-state index contributed by atoms with van der Waals surface area (Å²) in [5.74, 6) is 1.05. The fourth-order valence-corrected chi connectivity index (χ4v) is 3.32. The highest BCUT2D eigenvalue weighted by Crippen LogP contribution is 2.32. The zero-order chi connectivity index (χ0) is 19.2. The maximum atomic E-state index is 12.4. The van der Waals surface area contributed by atoms with Gasteiger partial charge in [0.05, 0.1) is 25.6 Å². The second-order valence-corrected chi connectivity index (χ2v) is 6.73. The molecule has 2 aromatic carbocycles. The van der Waals surface area contributed by atoms with Crippen molar-refractivity contribution in [2.75, 3.05) is 37.5 Å². The van der Waals surface area contributed by atoms with Crippen molar-refractivity contribution >= 4 is 35.0 Å². The van der Waals surface area contributed by atoms with Crippen LogP contribution in [0.5, 0.6) is 11.5 Å². The summed E-state index contributed by atoms with van der Waals surface area (Å²) < 4.78 is 10.5. The van der Waals surface area contributed by atoms with Crippen LogP contribution in [0.1, 0.15) is 18.4 Å². The molecule has 0 bridgehead atoms. The molecule has 3 rings (SSSR count). The molecule has 0 saturated carbocycles. The minimum absolute atomic E-state index is 0.215. The second-order valence-electron chi connectivity index (χ2n) is 6.29. The number of amides is 1. The molecule has 0 spiro atoms. The van der Waals surface area contributed by atoms with E-state index in [9.17, 15) is 4.79 Å². The molecule has 0 atom stereocenters. The van der Waals surface area contributed by atoms with Gasteiger partial charge in [0.25, 0.3) is 0 Å². The molecule has 1 N–H and O–H groups in total. The van der Waals surface area contributed by atoms with Crippen molar-refractivity contribution in [3.8, 4) is 11.5 Å². The molecule has 6 heteroatoms. The van der Waals surface area contributed by atoms with Crippen molar-refractivity contribution < 1.29 is 14.3 Å². The Hall–Kier alpha value is -2.66. The van der Waals surface area contributed by atoms with E-state index in [0.29, 0.717) is 16.5 Å². The van der Waals surface area contributed by atoms with Gasteiger partial charge in [-0.15, -0.1) is 0 Å². The molecule has 27 heavy (non-hydrogen) atoms. The molecular formula is C21H23ClN2O3. The number of nitrogens with zero attached hydrogens (tertiary/aromatic N) is 1. The van der Waals surface area contributed by atoms with Gasteiger partial charge < -0.3 is 19.7 Å². The van der Waals surface area contributed by atoms with Gasteiger partial charge in [0.15, 0.2) is 11.5 Å². The Morgan fingerprint density at radius 1 is 1.07 bits per heavy atom. The minimum atomic E-state index is -0.215. The standard InChI is InChI=1S/C21H23ClN2O3/c1-26-19-9-5-15(13-20(19)27-2)6-10-21(25)23-17-14-16(22)7-8-18(17)24-11-3-4-12-24/h5-10,13-14H,3-4,11-12H2,1-2H3,(H,23,25)/b10-6+. The van der Waals surface area contributed by atoms with E-state index in [0.717, 1.165) is 42.9 Å². The average Bonchev–Trinajstić information content (AvgIpc) is 3.20. The number of carbonyl (C=O) groups is 1. The summed E-state index contributed by atoms with van der Waals surface area (Å²) in [5.41, 5.74) is 2.57. The number of ether oxygens (including phenoxy) is 2. The van der Waals surface area contributed by atoms with Crippen LogP contribution < -0.4 is 19.7 Å². The van der Waals surface area contributed by atoms with Gasteiger partial charge in [0.2, 0.25) is 5.91 Å². The summed E-state index contributed by atoms with van der Waals surface area (Å²) in [7, 11) is 3.17. The van der Waals surface area contributed by atoms with Crippen LogP contribution in [0.25, 0.3) is 6.08 Å². The molecule has 0 unspecified atom stereocenters. The van der Waals surface area contributed by atoms with Crippen molar-refractivity contribution in [3.63, 3.8) is 0 Å². The largest absolute Gasteiger partial charge is 0.493 e. The van der Waals surface area contributed by atoms with Gasteiger partial charge in [-0.25, -0.2) is 0 Å². The van der Waals surface area contributed by atoms with E-state index >= 15 is 0 Å². The molecule has 1 amide bonds.